The SMILES string of the molecule is CC(N)c1cc(=O)n(C(C)C)nc1-c1ccccc1. The van der Waals surface area contributed by atoms with Gasteiger partial charge < -0.3 is 5.73 Å². The molecule has 2 N–H and O–H groups in total. The molecule has 0 amide bonds. The molecule has 0 spiro atoms. The van der Waals surface area contributed by atoms with E-state index in [1.807, 2.05) is 51.1 Å². The number of hydrogen-bond donors (Lipinski definition) is 1. The van der Waals surface area contributed by atoms with Crippen LogP contribution >= 0.6 is 0 Å². The van der Waals surface area contributed by atoms with E-state index in [-0.39, 0.29) is 17.6 Å². The van der Waals surface area contributed by atoms with Crippen molar-refractivity contribution >= 4 is 0 Å². The smallest absolute Gasteiger partial charge is 0.267 e. The lowest BCUT2D eigenvalue weighted by Gasteiger charge is -2.16. The first-order valence-corrected chi connectivity index (χ1v) is 6.45. The molecule has 0 saturated carbocycles. The number of hydrogen-bond acceptors (Lipinski definition) is 3. The number of nitrogens with two attached hydrogens (primary N) is 1. The van der Waals surface area contributed by atoms with Crippen molar-refractivity contribution in [1.82, 2.24) is 9.78 Å². The number of nitrogens with zero attached hydrogens (tertiary/aromatic N) is 2. The summed E-state index contributed by atoms with van der Waals surface area (Å²) in [6, 6.07) is 11.2. The van der Waals surface area contributed by atoms with Gasteiger partial charge in [-0.25, -0.2) is 4.68 Å². The fourth-order valence-corrected chi connectivity index (χ4v) is 2.02. The zero-order valence-corrected chi connectivity index (χ0v) is 11.5. The van der Waals surface area contributed by atoms with Gasteiger partial charge in [-0.15, -0.1) is 0 Å². The van der Waals surface area contributed by atoms with Crippen LogP contribution in [0.25, 0.3) is 11.3 Å². The molecule has 100 valence electrons. The predicted octanol–water partition coefficient (Wildman–Crippen LogP) is 2.51. The van der Waals surface area contributed by atoms with Crippen molar-refractivity contribution in [3.63, 3.8) is 0 Å². The fraction of sp³-hybridized carbons (Fsp3) is 0.333. The molecule has 0 saturated heterocycles. The quantitative estimate of drug-likeness (QED) is 0.919. The topological polar surface area (TPSA) is 60.9 Å². The van der Waals surface area contributed by atoms with Gasteiger partial charge in [0.15, 0.2) is 0 Å². The van der Waals surface area contributed by atoms with Crippen LogP contribution in [0, 0.1) is 0 Å². The van der Waals surface area contributed by atoms with Crippen molar-refractivity contribution < 1.29 is 0 Å². The highest BCUT2D eigenvalue weighted by Crippen LogP contribution is 2.24. The van der Waals surface area contributed by atoms with Gasteiger partial charge in [-0.3, -0.25) is 4.79 Å². The van der Waals surface area contributed by atoms with Crippen LogP contribution in [0.2, 0.25) is 0 Å². The van der Waals surface area contributed by atoms with Gasteiger partial charge in [0, 0.05) is 23.2 Å². The highest BCUT2D eigenvalue weighted by Gasteiger charge is 2.14. The van der Waals surface area contributed by atoms with E-state index in [9.17, 15) is 4.79 Å². The van der Waals surface area contributed by atoms with Crippen LogP contribution in [0.5, 0.6) is 0 Å². The lowest BCUT2D eigenvalue weighted by molar-refractivity contribution is 0.501. The molecule has 4 heteroatoms. The zero-order valence-electron chi connectivity index (χ0n) is 11.5. The largest absolute Gasteiger partial charge is 0.324 e. The monoisotopic (exact) mass is 257 g/mol. The van der Waals surface area contributed by atoms with Crippen LogP contribution in [-0.4, -0.2) is 9.78 Å². The number of benzene rings is 1. The van der Waals surface area contributed by atoms with Gasteiger partial charge in [0.05, 0.1) is 11.7 Å². The molecule has 0 aliphatic carbocycles. The van der Waals surface area contributed by atoms with E-state index in [1.165, 1.54) is 4.68 Å². The second kappa shape index (κ2) is 5.36. The molecule has 19 heavy (non-hydrogen) atoms. The van der Waals surface area contributed by atoms with Gasteiger partial charge in [-0.1, -0.05) is 30.3 Å². The molecule has 0 aliphatic rings. The number of rotatable bonds is 3. The molecule has 2 rings (SSSR count). The molecule has 0 radical (unpaired) electrons. The van der Waals surface area contributed by atoms with E-state index < -0.39 is 0 Å². The number of aromatic nitrogens is 2. The Balaban J connectivity index is 2.70. The van der Waals surface area contributed by atoms with Crippen molar-refractivity contribution in [2.45, 2.75) is 32.9 Å². The van der Waals surface area contributed by atoms with E-state index in [0.717, 1.165) is 16.8 Å². The third kappa shape index (κ3) is 2.74. The molecule has 1 atom stereocenters. The predicted molar refractivity (Wildman–Crippen MR) is 76.9 cm³/mol. The first-order valence-electron chi connectivity index (χ1n) is 6.45. The molecule has 2 aromatic rings. The Morgan fingerprint density at radius 1 is 1.16 bits per heavy atom. The molecule has 0 fully saturated rings. The highest BCUT2D eigenvalue weighted by atomic mass is 16.1. The molecule has 1 heterocycles. The van der Waals surface area contributed by atoms with Crippen LogP contribution in [-0.2, 0) is 0 Å². The average molecular weight is 257 g/mol. The molecule has 4 nitrogen and oxygen atoms in total. The van der Waals surface area contributed by atoms with E-state index in [0.29, 0.717) is 0 Å². The van der Waals surface area contributed by atoms with Gasteiger partial charge in [0.25, 0.3) is 5.56 Å². The van der Waals surface area contributed by atoms with Crippen LogP contribution < -0.4 is 11.3 Å². The van der Waals surface area contributed by atoms with Gasteiger partial charge in [-0.2, -0.15) is 5.10 Å². The van der Waals surface area contributed by atoms with E-state index >= 15 is 0 Å². The minimum atomic E-state index is -0.225. The van der Waals surface area contributed by atoms with Crippen LogP contribution in [0.15, 0.2) is 41.2 Å². The Bertz CT molecular complexity index is 615. The second-order valence-corrected chi connectivity index (χ2v) is 4.98. The minimum Gasteiger partial charge on any atom is -0.324 e. The Morgan fingerprint density at radius 3 is 2.32 bits per heavy atom. The third-order valence-electron chi connectivity index (χ3n) is 3.01. The lowest BCUT2D eigenvalue weighted by Crippen LogP contribution is -2.27. The van der Waals surface area contributed by atoms with E-state index in [4.69, 9.17) is 5.73 Å². The maximum Gasteiger partial charge on any atom is 0.267 e. The summed E-state index contributed by atoms with van der Waals surface area (Å²) >= 11 is 0. The van der Waals surface area contributed by atoms with Crippen molar-refractivity contribution in [1.29, 1.82) is 0 Å². The molecule has 0 aliphatic heterocycles. The summed E-state index contributed by atoms with van der Waals surface area (Å²) in [7, 11) is 0. The van der Waals surface area contributed by atoms with Gasteiger partial charge >= 0.3 is 0 Å². The van der Waals surface area contributed by atoms with Crippen LogP contribution in [0.1, 0.15) is 38.4 Å². The summed E-state index contributed by atoms with van der Waals surface area (Å²) in [6.45, 7) is 5.74. The zero-order chi connectivity index (χ0) is 14.0. The maximum atomic E-state index is 12.0. The first-order chi connectivity index (χ1) is 9.00. The maximum absolute atomic E-state index is 12.0. The fourth-order valence-electron chi connectivity index (χ4n) is 2.02. The van der Waals surface area contributed by atoms with Crippen molar-refractivity contribution in [2.24, 2.45) is 5.73 Å². The first kappa shape index (κ1) is 13.5. The Kier molecular flexibility index (Phi) is 3.81. The molecular weight excluding hydrogens is 238 g/mol. The second-order valence-electron chi connectivity index (χ2n) is 4.98. The summed E-state index contributed by atoms with van der Waals surface area (Å²) in [5, 5.41) is 4.49. The summed E-state index contributed by atoms with van der Waals surface area (Å²) < 4.78 is 1.49. The van der Waals surface area contributed by atoms with Gasteiger partial charge in [0.2, 0.25) is 0 Å². The molecular formula is C15H19N3O. The Labute approximate surface area is 112 Å². The summed E-state index contributed by atoms with van der Waals surface area (Å²) in [5.74, 6) is 0. The minimum absolute atomic E-state index is 0.0251. The highest BCUT2D eigenvalue weighted by molar-refractivity contribution is 5.62. The normalized spacial score (nSPS) is 12.7. The molecule has 1 aromatic heterocycles. The van der Waals surface area contributed by atoms with E-state index in [1.54, 1.807) is 6.07 Å². The average Bonchev–Trinajstić information content (AvgIpc) is 2.38. The van der Waals surface area contributed by atoms with Gasteiger partial charge in [-0.05, 0) is 20.8 Å². The van der Waals surface area contributed by atoms with Gasteiger partial charge in [0.1, 0.15) is 0 Å². The summed E-state index contributed by atoms with van der Waals surface area (Å²) in [6.07, 6.45) is 0. The van der Waals surface area contributed by atoms with Crippen molar-refractivity contribution in [3.05, 3.63) is 52.3 Å². The van der Waals surface area contributed by atoms with Crippen LogP contribution in [0.4, 0.5) is 0 Å². The molecule has 1 aromatic carbocycles. The molecule has 0 bridgehead atoms. The summed E-state index contributed by atoms with van der Waals surface area (Å²) in [4.78, 5) is 12.0. The third-order valence-corrected chi connectivity index (χ3v) is 3.01. The Morgan fingerprint density at radius 2 is 1.79 bits per heavy atom. The van der Waals surface area contributed by atoms with Crippen molar-refractivity contribution in [2.75, 3.05) is 0 Å². The summed E-state index contributed by atoms with van der Waals surface area (Å²) in [5.41, 5.74) is 8.39. The Hall–Kier alpha value is -1.94. The molecule has 1 unspecified atom stereocenters. The lowest BCUT2D eigenvalue weighted by atomic mass is 10.0. The standard InChI is InChI=1S/C15H19N3O/c1-10(2)18-14(19)9-13(11(3)16)15(17-18)12-7-5-4-6-8-12/h4-11H,16H2,1-3H3. The van der Waals surface area contributed by atoms with Crippen LogP contribution in [0.3, 0.4) is 0 Å². The van der Waals surface area contributed by atoms with Crippen molar-refractivity contribution in [3.8, 4) is 11.3 Å². The van der Waals surface area contributed by atoms with E-state index in [2.05, 4.69) is 5.10 Å².